The van der Waals surface area contributed by atoms with Gasteiger partial charge in [0.05, 0.1) is 12.8 Å². The van der Waals surface area contributed by atoms with Crippen LogP contribution in [0.15, 0.2) is 35.0 Å². The summed E-state index contributed by atoms with van der Waals surface area (Å²) in [5.41, 5.74) is 2.40. The first kappa shape index (κ1) is 11.5. The average molecular weight is 282 g/mol. The molecule has 86 valence electrons. The third-order valence-electron chi connectivity index (χ3n) is 2.71. The number of rotatable bonds is 3. The molecule has 0 aromatic heterocycles. The van der Waals surface area contributed by atoms with Crippen molar-refractivity contribution in [1.82, 2.24) is 0 Å². The van der Waals surface area contributed by atoms with Crippen LogP contribution in [-0.4, -0.2) is 12.6 Å². The normalized spacial score (nSPS) is 19.2. The Bertz CT molecular complexity index is 390. The number of halogens is 1. The summed E-state index contributed by atoms with van der Waals surface area (Å²) in [6.45, 7) is 2.96. The summed E-state index contributed by atoms with van der Waals surface area (Å²) < 4.78 is 6.65. The first-order chi connectivity index (χ1) is 7.75. The van der Waals surface area contributed by atoms with Crippen LogP contribution in [0.2, 0.25) is 0 Å². The van der Waals surface area contributed by atoms with Crippen molar-refractivity contribution in [1.29, 1.82) is 0 Å². The van der Waals surface area contributed by atoms with Gasteiger partial charge >= 0.3 is 0 Å². The van der Waals surface area contributed by atoms with Crippen molar-refractivity contribution in [3.05, 3.63) is 40.6 Å². The molecule has 1 atom stereocenters. The Hall–Kier alpha value is -0.960. The summed E-state index contributed by atoms with van der Waals surface area (Å²) >= 11 is 3.50. The summed E-state index contributed by atoms with van der Waals surface area (Å²) in [4.78, 5) is 0. The molecule has 2 rings (SSSR count). The lowest BCUT2D eigenvalue weighted by Gasteiger charge is -2.20. The molecule has 1 aromatic carbocycles. The molecule has 1 aromatic rings. The molecule has 0 amide bonds. The predicted molar refractivity (Wildman–Crippen MR) is 70.6 cm³/mol. The van der Waals surface area contributed by atoms with Crippen LogP contribution in [0, 0.1) is 6.92 Å². The number of hydrogen-bond donors (Lipinski definition) is 1. The van der Waals surface area contributed by atoms with Crippen molar-refractivity contribution in [3.63, 3.8) is 0 Å². The average Bonchev–Trinajstić information content (AvgIpc) is 2.32. The molecule has 0 aliphatic carbocycles. The molecule has 0 spiro atoms. The SMILES string of the molecule is Cc1cc(NCC2CCC=CO2)ccc1Br. The highest BCUT2D eigenvalue weighted by Crippen LogP contribution is 2.20. The molecule has 0 fully saturated rings. The van der Waals surface area contributed by atoms with Crippen LogP contribution in [0.25, 0.3) is 0 Å². The number of aryl methyl sites for hydroxylation is 1. The molecule has 0 radical (unpaired) electrons. The van der Waals surface area contributed by atoms with Gasteiger partial charge in [-0.05, 0) is 49.6 Å². The number of hydrogen-bond acceptors (Lipinski definition) is 2. The van der Waals surface area contributed by atoms with E-state index in [9.17, 15) is 0 Å². The molecular weight excluding hydrogens is 266 g/mol. The molecule has 1 unspecified atom stereocenters. The zero-order chi connectivity index (χ0) is 11.4. The lowest BCUT2D eigenvalue weighted by Crippen LogP contribution is -2.22. The van der Waals surface area contributed by atoms with Crippen LogP contribution in [0.4, 0.5) is 5.69 Å². The fourth-order valence-electron chi connectivity index (χ4n) is 1.72. The van der Waals surface area contributed by atoms with E-state index in [1.807, 2.05) is 6.26 Å². The van der Waals surface area contributed by atoms with Crippen LogP contribution in [0.1, 0.15) is 18.4 Å². The molecule has 1 aliphatic rings. The van der Waals surface area contributed by atoms with Crippen molar-refractivity contribution in [2.24, 2.45) is 0 Å². The first-order valence-corrected chi connectivity index (χ1v) is 6.35. The van der Waals surface area contributed by atoms with Gasteiger partial charge in [-0.15, -0.1) is 0 Å². The maximum Gasteiger partial charge on any atom is 0.115 e. The van der Waals surface area contributed by atoms with Crippen molar-refractivity contribution < 1.29 is 4.74 Å². The minimum absolute atomic E-state index is 0.300. The molecule has 2 nitrogen and oxygen atoms in total. The number of nitrogens with one attached hydrogen (secondary N) is 1. The summed E-state index contributed by atoms with van der Waals surface area (Å²) in [7, 11) is 0. The molecule has 1 heterocycles. The van der Waals surface area contributed by atoms with Crippen LogP contribution in [-0.2, 0) is 4.74 Å². The second kappa shape index (κ2) is 5.39. The summed E-state index contributed by atoms with van der Waals surface area (Å²) in [5.74, 6) is 0. The smallest absolute Gasteiger partial charge is 0.115 e. The third kappa shape index (κ3) is 3.01. The Morgan fingerprint density at radius 3 is 3.06 bits per heavy atom. The van der Waals surface area contributed by atoms with Gasteiger partial charge in [-0.2, -0.15) is 0 Å². The van der Waals surface area contributed by atoms with E-state index in [0.29, 0.717) is 6.10 Å². The predicted octanol–water partition coefficient (Wildman–Crippen LogP) is 3.86. The van der Waals surface area contributed by atoms with Gasteiger partial charge in [0.2, 0.25) is 0 Å². The highest BCUT2D eigenvalue weighted by Gasteiger charge is 2.10. The second-order valence-corrected chi connectivity index (χ2v) is 4.91. The van der Waals surface area contributed by atoms with Crippen LogP contribution in [0.3, 0.4) is 0 Å². The van der Waals surface area contributed by atoms with E-state index in [-0.39, 0.29) is 0 Å². The number of allylic oxidation sites excluding steroid dienone is 1. The largest absolute Gasteiger partial charge is 0.497 e. The van der Waals surface area contributed by atoms with Crippen molar-refractivity contribution in [2.45, 2.75) is 25.9 Å². The highest BCUT2D eigenvalue weighted by atomic mass is 79.9. The topological polar surface area (TPSA) is 21.3 Å². The van der Waals surface area contributed by atoms with Gasteiger partial charge in [-0.3, -0.25) is 0 Å². The number of benzene rings is 1. The Morgan fingerprint density at radius 1 is 1.50 bits per heavy atom. The lowest BCUT2D eigenvalue weighted by molar-refractivity contribution is 0.135. The minimum atomic E-state index is 0.300. The Kier molecular flexibility index (Phi) is 3.88. The Labute approximate surface area is 105 Å². The molecule has 0 bridgehead atoms. The van der Waals surface area contributed by atoms with Gasteiger partial charge in [0.15, 0.2) is 0 Å². The van der Waals surface area contributed by atoms with Gasteiger partial charge in [-0.1, -0.05) is 15.9 Å². The van der Waals surface area contributed by atoms with Gasteiger partial charge < -0.3 is 10.1 Å². The van der Waals surface area contributed by atoms with Gasteiger partial charge in [-0.25, -0.2) is 0 Å². The van der Waals surface area contributed by atoms with E-state index in [4.69, 9.17) is 4.74 Å². The van der Waals surface area contributed by atoms with Crippen molar-refractivity contribution in [3.8, 4) is 0 Å². The molecule has 1 aliphatic heterocycles. The van der Waals surface area contributed by atoms with E-state index in [0.717, 1.165) is 29.5 Å². The zero-order valence-electron chi connectivity index (χ0n) is 9.37. The van der Waals surface area contributed by atoms with Gasteiger partial charge in [0.1, 0.15) is 6.10 Å². The molecule has 3 heteroatoms. The maximum atomic E-state index is 5.50. The van der Waals surface area contributed by atoms with E-state index in [1.165, 1.54) is 5.56 Å². The number of anilines is 1. The van der Waals surface area contributed by atoms with E-state index >= 15 is 0 Å². The lowest BCUT2D eigenvalue weighted by atomic mass is 10.1. The van der Waals surface area contributed by atoms with Gasteiger partial charge in [0.25, 0.3) is 0 Å². The number of ether oxygens (including phenoxy) is 1. The molecular formula is C13H16BrNO. The summed E-state index contributed by atoms with van der Waals surface area (Å²) in [5, 5.41) is 3.40. The van der Waals surface area contributed by atoms with E-state index in [1.54, 1.807) is 0 Å². The Morgan fingerprint density at radius 2 is 2.38 bits per heavy atom. The molecule has 0 saturated heterocycles. The minimum Gasteiger partial charge on any atom is -0.497 e. The van der Waals surface area contributed by atoms with Crippen molar-refractivity contribution in [2.75, 3.05) is 11.9 Å². The maximum absolute atomic E-state index is 5.50. The zero-order valence-corrected chi connectivity index (χ0v) is 11.0. The van der Waals surface area contributed by atoms with Gasteiger partial charge in [0, 0.05) is 10.2 Å². The van der Waals surface area contributed by atoms with Crippen molar-refractivity contribution >= 4 is 21.6 Å². The van der Waals surface area contributed by atoms with E-state index < -0.39 is 0 Å². The third-order valence-corrected chi connectivity index (χ3v) is 3.60. The van der Waals surface area contributed by atoms with E-state index in [2.05, 4.69) is 52.4 Å². The fourth-order valence-corrected chi connectivity index (χ4v) is 1.97. The second-order valence-electron chi connectivity index (χ2n) is 4.05. The summed E-state index contributed by atoms with van der Waals surface area (Å²) in [6, 6.07) is 6.29. The Balaban J connectivity index is 1.89. The fraction of sp³-hybridized carbons (Fsp3) is 0.385. The summed E-state index contributed by atoms with van der Waals surface area (Å²) in [6.07, 6.45) is 6.39. The molecule has 0 saturated carbocycles. The van der Waals surface area contributed by atoms with Crippen LogP contribution in [0.5, 0.6) is 0 Å². The van der Waals surface area contributed by atoms with Crippen LogP contribution >= 0.6 is 15.9 Å². The molecule has 1 N–H and O–H groups in total. The standard InChI is InChI=1S/C13H16BrNO/c1-10-8-11(5-6-13(10)14)15-9-12-4-2-3-7-16-12/h3,5-8,12,15H,2,4,9H2,1H3. The highest BCUT2D eigenvalue weighted by molar-refractivity contribution is 9.10. The van der Waals surface area contributed by atoms with Crippen LogP contribution < -0.4 is 5.32 Å². The quantitative estimate of drug-likeness (QED) is 0.908. The first-order valence-electron chi connectivity index (χ1n) is 5.56. The monoisotopic (exact) mass is 281 g/mol. The molecule has 16 heavy (non-hydrogen) atoms.